The number of rotatable bonds is 4. The number of nitrogens with one attached hydrogen (secondary N) is 2. The van der Waals surface area contributed by atoms with E-state index in [-0.39, 0.29) is 35.9 Å². The molecular formula is C29H49N3O7Si. The van der Waals surface area contributed by atoms with Crippen molar-refractivity contribution in [2.24, 2.45) is 5.92 Å². The summed E-state index contributed by atoms with van der Waals surface area (Å²) in [7, 11) is -2.23. The third kappa shape index (κ3) is 7.66. The smallest absolute Gasteiger partial charge is 0.408 e. The summed E-state index contributed by atoms with van der Waals surface area (Å²) in [5.74, 6) is -2.24. The van der Waals surface area contributed by atoms with Crippen LogP contribution in [0.2, 0.25) is 18.1 Å². The lowest BCUT2D eigenvalue weighted by molar-refractivity contribution is -0.145. The minimum absolute atomic E-state index is 0.0717. The van der Waals surface area contributed by atoms with E-state index in [0.29, 0.717) is 19.3 Å². The van der Waals surface area contributed by atoms with E-state index in [1.165, 1.54) is 4.90 Å². The standard InChI is InChI=1S/C29H49N3O7Si/c1-27(2,3)38-26(37)30-21-15-13-11-9-10-12-14-19-17-29(19,25(35)36)31-23(33)22-16-20(18-32(22)24(21)34)39-40(7,8)28(4,5)6/h12,14,19-22H,9-11,13,15-18H2,1-8H3,(H,30,37)(H,31,33)(H,35,36)/t19?,20-,21+,22+,29-/m1/s1. The largest absolute Gasteiger partial charge is 0.479 e. The van der Waals surface area contributed by atoms with Crippen LogP contribution in [0.25, 0.3) is 0 Å². The number of carbonyl (C=O) groups excluding carboxylic acids is 3. The first kappa shape index (κ1) is 32.1. The minimum atomic E-state index is -2.23. The highest BCUT2D eigenvalue weighted by atomic mass is 28.4. The van der Waals surface area contributed by atoms with Gasteiger partial charge in [0.2, 0.25) is 11.8 Å². The van der Waals surface area contributed by atoms with Crippen LogP contribution < -0.4 is 10.6 Å². The van der Waals surface area contributed by atoms with Gasteiger partial charge in [-0.2, -0.15) is 0 Å². The maximum atomic E-state index is 14.0. The number of carboxylic acids is 1. The highest BCUT2D eigenvalue weighted by molar-refractivity contribution is 6.74. The van der Waals surface area contributed by atoms with Gasteiger partial charge in [-0.25, -0.2) is 9.59 Å². The molecule has 0 bridgehead atoms. The highest BCUT2D eigenvalue weighted by Crippen LogP contribution is 2.45. The van der Waals surface area contributed by atoms with Crippen LogP contribution in [0, 0.1) is 5.92 Å². The molecule has 0 spiro atoms. The van der Waals surface area contributed by atoms with E-state index < -0.39 is 49.5 Å². The fourth-order valence-corrected chi connectivity index (χ4v) is 6.55. The molecular weight excluding hydrogens is 530 g/mol. The summed E-state index contributed by atoms with van der Waals surface area (Å²) in [6.45, 7) is 16.1. The Morgan fingerprint density at radius 3 is 2.40 bits per heavy atom. The maximum Gasteiger partial charge on any atom is 0.408 e. The lowest BCUT2D eigenvalue weighted by atomic mass is 10.0. The van der Waals surface area contributed by atoms with Gasteiger partial charge in [-0.3, -0.25) is 9.59 Å². The van der Waals surface area contributed by atoms with Crippen molar-refractivity contribution in [3.05, 3.63) is 12.2 Å². The topological polar surface area (TPSA) is 134 Å². The summed E-state index contributed by atoms with van der Waals surface area (Å²) in [4.78, 5) is 54.2. The van der Waals surface area contributed by atoms with E-state index in [0.717, 1.165) is 19.3 Å². The van der Waals surface area contributed by atoms with Crippen LogP contribution in [0.15, 0.2) is 12.2 Å². The van der Waals surface area contributed by atoms with Gasteiger partial charge in [0.1, 0.15) is 23.2 Å². The zero-order chi connectivity index (χ0) is 30.1. The third-order valence-electron chi connectivity index (χ3n) is 8.58. The average Bonchev–Trinajstić information content (AvgIpc) is 3.33. The number of ether oxygens (including phenoxy) is 1. The molecule has 2 heterocycles. The molecule has 0 radical (unpaired) electrons. The van der Waals surface area contributed by atoms with Crippen LogP contribution in [0.3, 0.4) is 0 Å². The third-order valence-corrected chi connectivity index (χ3v) is 13.1. The zero-order valence-corrected chi connectivity index (χ0v) is 26.5. The first-order valence-electron chi connectivity index (χ1n) is 14.6. The number of carboxylic acid groups (broad SMARTS) is 1. The molecule has 0 aromatic carbocycles. The molecule has 3 rings (SSSR count). The van der Waals surface area contributed by atoms with E-state index in [9.17, 15) is 24.3 Å². The quantitative estimate of drug-likeness (QED) is 0.333. The predicted molar refractivity (Wildman–Crippen MR) is 154 cm³/mol. The molecule has 11 heteroatoms. The number of amides is 3. The Labute approximate surface area is 239 Å². The summed E-state index contributed by atoms with van der Waals surface area (Å²) in [5.41, 5.74) is -2.10. The molecule has 0 aromatic rings. The summed E-state index contributed by atoms with van der Waals surface area (Å²) in [5, 5.41) is 15.5. The number of hydrogen-bond acceptors (Lipinski definition) is 6. The van der Waals surface area contributed by atoms with Crippen molar-refractivity contribution < 1.29 is 33.4 Å². The molecule has 1 aliphatic carbocycles. The number of fused-ring (bicyclic) bond motifs is 2. The molecule has 5 atom stereocenters. The number of carbonyl (C=O) groups is 4. The van der Waals surface area contributed by atoms with Gasteiger partial charge < -0.3 is 29.8 Å². The summed E-state index contributed by atoms with van der Waals surface area (Å²) in [6.07, 6.45) is 6.99. The molecule has 1 saturated heterocycles. The van der Waals surface area contributed by atoms with Gasteiger partial charge in [0.25, 0.3) is 0 Å². The lowest BCUT2D eigenvalue weighted by Crippen LogP contribution is -2.56. The zero-order valence-electron chi connectivity index (χ0n) is 25.5. The van der Waals surface area contributed by atoms with Gasteiger partial charge in [-0.1, -0.05) is 45.8 Å². The van der Waals surface area contributed by atoms with Crippen LogP contribution >= 0.6 is 0 Å². The van der Waals surface area contributed by atoms with E-state index in [1.54, 1.807) is 20.8 Å². The molecule has 2 aliphatic heterocycles. The van der Waals surface area contributed by atoms with Crippen molar-refractivity contribution in [3.63, 3.8) is 0 Å². The van der Waals surface area contributed by atoms with Crippen LogP contribution in [0.1, 0.15) is 86.5 Å². The molecule has 10 nitrogen and oxygen atoms in total. The first-order chi connectivity index (χ1) is 18.4. The molecule has 3 aliphatic rings. The molecule has 226 valence electrons. The SMILES string of the molecule is CC(C)(C)OC(=O)N[C@H]1CCCCCC=CC2C[C@@]2(C(=O)O)NC(=O)[C@@H]2C[C@@H](O[Si](C)(C)C(C)(C)C)CN2C1=O. The monoisotopic (exact) mass is 579 g/mol. The Balaban J connectivity index is 1.93. The van der Waals surface area contributed by atoms with Crippen molar-refractivity contribution in [1.82, 2.24) is 15.5 Å². The number of nitrogens with zero attached hydrogens (tertiary/aromatic N) is 1. The summed E-state index contributed by atoms with van der Waals surface area (Å²) < 4.78 is 12.1. The molecule has 2 fully saturated rings. The Morgan fingerprint density at radius 2 is 1.80 bits per heavy atom. The van der Waals surface area contributed by atoms with Gasteiger partial charge in [0, 0.05) is 18.9 Å². The Morgan fingerprint density at radius 1 is 1.12 bits per heavy atom. The fraction of sp³-hybridized carbons (Fsp3) is 0.793. The van der Waals surface area contributed by atoms with Crippen molar-refractivity contribution in [2.45, 2.75) is 134 Å². The van der Waals surface area contributed by atoms with Gasteiger partial charge in [0.15, 0.2) is 8.32 Å². The van der Waals surface area contributed by atoms with Gasteiger partial charge >= 0.3 is 12.1 Å². The van der Waals surface area contributed by atoms with Crippen molar-refractivity contribution in [2.75, 3.05) is 6.54 Å². The second-order valence-electron chi connectivity index (χ2n) is 14.1. The van der Waals surface area contributed by atoms with E-state index in [1.807, 2.05) is 12.2 Å². The summed E-state index contributed by atoms with van der Waals surface area (Å²) in [6, 6.07) is -1.78. The van der Waals surface area contributed by atoms with Gasteiger partial charge in [0.05, 0.1) is 6.10 Å². The van der Waals surface area contributed by atoms with E-state index >= 15 is 0 Å². The Bertz CT molecular complexity index is 1020. The maximum absolute atomic E-state index is 14.0. The Hall–Kier alpha value is -2.40. The minimum Gasteiger partial charge on any atom is -0.479 e. The first-order valence-corrected chi connectivity index (χ1v) is 17.5. The van der Waals surface area contributed by atoms with E-state index in [4.69, 9.17) is 9.16 Å². The highest BCUT2D eigenvalue weighted by Gasteiger charge is 2.61. The lowest BCUT2D eigenvalue weighted by Gasteiger charge is -2.38. The normalized spacial score (nSPS) is 30.4. The van der Waals surface area contributed by atoms with Crippen LogP contribution in [0.5, 0.6) is 0 Å². The van der Waals surface area contributed by atoms with E-state index in [2.05, 4.69) is 44.5 Å². The van der Waals surface area contributed by atoms with Crippen LogP contribution in [-0.2, 0) is 23.5 Å². The molecule has 0 aromatic heterocycles. The molecule has 3 N–H and O–H groups in total. The molecule has 3 amide bonds. The van der Waals surface area contributed by atoms with Crippen molar-refractivity contribution >= 4 is 32.2 Å². The van der Waals surface area contributed by atoms with Crippen molar-refractivity contribution in [3.8, 4) is 0 Å². The average molecular weight is 580 g/mol. The fourth-order valence-electron chi connectivity index (χ4n) is 5.19. The summed E-state index contributed by atoms with van der Waals surface area (Å²) >= 11 is 0. The number of aliphatic carboxylic acids is 1. The Kier molecular flexibility index (Phi) is 9.50. The number of hydrogen-bond donors (Lipinski definition) is 3. The molecule has 1 unspecified atom stereocenters. The molecule has 40 heavy (non-hydrogen) atoms. The van der Waals surface area contributed by atoms with Crippen LogP contribution in [-0.4, -0.2) is 78.1 Å². The number of alkyl carbamates (subject to hydrolysis) is 1. The van der Waals surface area contributed by atoms with Crippen LogP contribution in [0.4, 0.5) is 4.79 Å². The van der Waals surface area contributed by atoms with Crippen molar-refractivity contribution in [1.29, 1.82) is 0 Å². The van der Waals surface area contributed by atoms with Gasteiger partial charge in [-0.05, 0) is 64.6 Å². The predicted octanol–water partition coefficient (Wildman–Crippen LogP) is 4.35. The van der Waals surface area contributed by atoms with Gasteiger partial charge in [-0.15, -0.1) is 0 Å². The number of allylic oxidation sites excluding steroid dienone is 1. The second kappa shape index (κ2) is 11.8. The second-order valence-corrected chi connectivity index (χ2v) is 18.8. The molecule has 1 saturated carbocycles.